The molecule has 34 heavy (non-hydrogen) atoms. The molecule has 10 nitrogen and oxygen atoms in total. The predicted molar refractivity (Wildman–Crippen MR) is 143 cm³/mol. The van der Waals surface area contributed by atoms with Crippen molar-refractivity contribution >= 4 is 65.1 Å². The fourth-order valence-electron chi connectivity index (χ4n) is 2.95. The number of unbranched alkanes of at least 4 members (excludes halogenated alkanes) is 3. The Morgan fingerprint density at radius 2 is 1.32 bits per heavy atom. The van der Waals surface area contributed by atoms with Crippen molar-refractivity contribution < 1.29 is 24.0 Å². The van der Waals surface area contributed by atoms with Gasteiger partial charge < -0.3 is 20.6 Å². The molecule has 0 spiro atoms. The molecular formula is C20H40B3N5O5S. The van der Waals surface area contributed by atoms with Gasteiger partial charge in [0.05, 0.1) is 24.9 Å². The van der Waals surface area contributed by atoms with E-state index in [0.29, 0.717) is 38.8 Å². The molecule has 14 heteroatoms. The molecule has 1 atom stereocenters. The first-order valence-electron chi connectivity index (χ1n) is 11.8. The van der Waals surface area contributed by atoms with Crippen LogP contribution >= 0.6 is 11.8 Å². The van der Waals surface area contributed by atoms with Crippen LogP contribution in [0.3, 0.4) is 0 Å². The molecule has 0 aliphatic carbocycles. The van der Waals surface area contributed by atoms with Gasteiger partial charge in [-0.3, -0.25) is 28.9 Å². The Balaban J connectivity index is 4.36. The fourth-order valence-corrected chi connectivity index (χ4v) is 3.33. The predicted octanol–water partition coefficient (Wildman–Crippen LogP) is -2.84. The Morgan fingerprint density at radius 3 is 1.82 bits per heavy atom. The molecule has 0 rings (SSSR count). The topological polar surface area (TPSA) is 128 Å². The Kier molecular flexibility index (Phi) is 18.3. The van der Waals surface area contributed by atoms with Crippen molar-refractivity contribution in [3.8, 4) is 0 Å². The molecule has 1 unspecified atom stereocenters. The van der Waals surface area contributed by atoms with Gasteiger partial charge >= 0.3 is 0 Å². The van der Waals surface area contributed by atoms with Crippen LogP contribution < -0.4 is 15.9 Å². The Hall–Kier alpha value is -1.95. The molecule has 0 aromatic heterocycles. The van der Waals surface area contributed by atoms with E-state index in [4.69, 9.17) is 0 Å². The van der Waals surface area contributed by atoms with E-state index >= 15 is 0 Å². The van der Waals surface area contributed by atoms with Crippen LogP contribution in [0, 0.1) is 0 Å². The van der Waals surface area contributed by atoms with E-state index in [9.17, 15) is 24.0 Å². The standard InChI is InChI=1S/C20H40B3N5O5S/c1-15(34-2)16(29)8-4-3-6-10-24-18(31)12-27(14-20(33)28(22)23)13-19(32)25-11-7-5-9-17(30)26-21/h15H,3-14,21-23H2,1-2H3,(H,24,31)(H,25,32)(H,26,30). The Morgan fingerprint density at radius 1 is 0.794 bits per heavy atom. The zero-order chi connectivity index (χ0) is 25.9. The van der Waals surface area contributed by atoms with Crippen LogP contribution in [0.25, 0.3) is 0 Å². The highest BCUT2D eigenvalue weighted by Gasteiger charge is 2.18. The lowest BCUT2D eigenvalue weighted by Crippen LogP contribution is -2.47. The maximum absolute atomic E-state index is 12.3. The van der Waals surface area contributed by atoms with Gasteiger partial charge in [-0.25, -0.2) is 0 Å². The fraction of sp³-hybridized carbons (Fsp3) is 0.750. The lowest BCUT2D eigenvalue weighted by Gasteiger charge is -2.23. The molecule has 0 aromatic rings. The molecule has 4 amide bonds. The first-order valence-corrected chi connectivity index (χ1v) is 13.1. The SMILES string of the molecule is BNC(=O)CCCCNC(=O)CN(CC(=O)NCCCCCC(=O)C(C)SC)CC(=O)N(B)B. The maximum atomic E-state index is 12.3. The van der Waals surface area contributed by atoms with Crippen LogP contribution in [0.2, 0.25) is 0 Å². The van der Waals surface area contributed by atoms with E-state index in [-0.39, 0.29) is 54.3 Å². The third-order valence-electron chi connectivity index (χ3n) is 5.25. The van der Waals surface area contributed by atoms with Crippen molar-refractivity contribution in [1.82, 2.24) is 25.5 Å². The molecular weight excluding hydrogens is 455 g/mol. The molecule has 0 heterocycles. The Labute approximate surface area is 210 Å². The summed E-state index contributed by atoms with van der Waals surface area (Å²) in [7, 11) is 4.83. The van der Waals surface area contributed by atoms with Gasteiger partial charge in [0.2, 0.25) is 47.6 Å². The largest absolute Gasteiger partial charge is 0.442 e. The van der Waals surface area contributed by atoms with Crippen LogP contribution in [0.1, 0.15) is 51.9 Å². The summed E-state index contributed by atoms with van der Waals surface area (Å²) in [5, 5.41) is 8.17. The zero-order valence-corrected chi connectivity index (χ0v) is 22.2. The van der Waals surface area contributed by atoms with Gasteiger partial charge in [-0.05, 0) is 38.9 Å². The highest BCUT2D eigenvalue weighted by atomic mass is 32.2. The molecule has 0 saturated carbocycles. The summed E-state index contributed by atoms with van der Waals surface area (Å²) in [6.07, 6.45) is 6.62. The van der Waals surface area contributed by atoms with Crippen LogP contribution in [0.15, 0.2) is 0 Å². The summed E-state index contributed by atoms with van der Waals surface area (Å²) in [5.74, 6) is -0.511. The van der Waals surface area contributed by atoms with Crippen LogP contribution in [0.5, 0.6) is 0 Å². The van der Waals surface area contributed by atoms with E-state index in [1.54, 1.807) is 35.7 Å². The summed E-state index contributed by atoms with van der Waals surface area (Å²) in [6, 6.07) is 0. The van der Waals surface area contributed by atoms with Crippen molar-refractivity contribution in [2.45, 2.75) is 57.1 Å². The third kappa shape index (κ3) is 16.6. The summed E-state index contributed by atoms with van der Waals surface area (Å²) in [4.78, 5) is 61.3. The normalized spacial score (nSPS) is 11.5. The number of nitrogens with one attached hydrogen (secondary N) is 3. The number of hydrogen-bond acceptors (Lipinski definition) is 7. The van der Waals surface area contributed by atoms with E-state index < -0.39 is 0 Å². The minimum Gasteiger partial charge on any atom is -0.442 e. The second-order valence-corrected chi connectivity index (χ2v) is 9.60. The number of nitrogens with zero attached hydrogens (tertiary/aromatic N) is 2. The molecule has 0 aliphatic rings. The summed E-state index contributed by atoms with van der Waals surface area (Å²) in [6.45, 7) is 2.65. The quantitative estimate of drug-likeness (QED) is 0.130. The lowest BCUT2D eigenvalue weighted by atomic mass is 10.1. The number of carbonyl (C=O) groups excluding carboxylic acids is 5. The first-order chi connectivity index (χ1) is 16.1. The highest BCUT2D eigenvalue weighted by molar-refractivity contribution is 7.99. The number of rotatable bonds is 19. The molecule has 0 aromatic carbocycles. The molecule has 0 saturated heterocycles. The lowest BCUT2D eigenvalue weighted by molar-refractivity contribution is -0.129. The summed E-state index contributed by atoms with van der Waals surface area (Å²) < 4.78 is 1.42. The van der Waals surface area contributed by atoms with Crippen molar-refractivity contribution in [2.75, 3.05) is 39.0 Å². The number of amides is 4. The number of thioether (sulfide) groups is 1. The van der Waals surface area contributed by atoms with Gasteiger partial charge in [0.15, 0.2) is 0 Å². The van der Waals surface area contributed by atoms with Crippen molar-refractivity contribution in [1.29, 1.82) is 0 Å². The van der Waals surface area contributed by atoms with Crippen LogP contribution in [0.4, 0.5) is 0 Å². The monoisotopic (exact) mass is 495 g/mol. The molecule has 0 aliphatic heterocycles. The maximum Gasteiger partial charge on any atom is 0.234 e. The van der Waals surface area contributed by atoms with E-state index in [1.165, 1.54) is 9.62 Å². The minimum atomic E-state index is -0.275. The van der Waals surface area contributed by atoms with Crippen LogP contribution in [-0.4, -0.2) is 107 Å². The second kappa shape index (κ2) is 19.4. The Bertz CT molecular complexity index is 673. The number of ketones is 1. The smallest absolute Gasteiger partial charge is 0.234 e. The summed E-state index contributed by atoms with van der Waals surface area (Å²) in [5.41, 5.74) is 0. The highest BCUT2D eigenvalue weighted by Crippen LogP contribution is 2.11. The van der Waals surface area contributed by atoms with Gasteiger partial charge in [-0.15, -0.1) is 0 Å². The average Bonchev–Trinajstić information content (AvgIpc) is 2.79. The van der Waals surface area contributed by atoms with E-state index in [0.717, 1.165) is 19.3 Å². The second-order valence-electron chi connectivity index (χ2n) is 8.42. The van der Waals surface area contributed by atoms with Crippen molar-refractivity contribution in [2.24, 2.45) is 0 Å². The summed E-state index contributed by atoms with van der Waals surface area (Å²) >= 11 is 1.55. The van der Waals surface area contributed by atoms with Gasteiger partial charge in [-0.1, -0.05) is 6.42 Å². The van der Waals surface area contributed by atoms with Crippen LogP contribution in [-0.2, 0) is 24.0 Å². The van der Waals surface area contributed by atoms with E-state index in [2.05, 4.69) is 15.9 Å². The van der Waals surface area contributed by atoms with E-state index in [1.807, 2.05) is 13.2 Å². The number of Topliss-reactive ketones (excluding diaryl/α,β-unsaturated/α-hetero) is 1. The van der Waals surface area contributed by atoms with Gasteiger partial charge in [0.25, 0.3) is 0 Å². The van der Waals surface area contributed by atoms with Crippen molar-refractivity contribution in [3.63, 3.8) is 0 Å². The molecule has 190 valence electrons. The average molecular weight is 495 g/mol. The van der Waals surface area contributed by atoms with Gasteiger partial charge in [0.1, 0.15) is 5.78 Å². The molecule has 0 radical (unpaired) electrons. The van der Waals surface area contributed by atoms with Gasteiger partial charge in [-0.2, -0.15) is 11.8 Å². The van der Waals surface area contributed by atoms with Gasteiger partial charge in [0, 0.05) is 25.9 Å². The number of carbonyl (C=O) groups is 5. The number of hydrogen-bond donors (Lipinski definition) is 3. The zero-order valence-electron chi connectivity index (χ0n) is 21.4. The molecule has 3 N–H and O–H groups in total. The molecule has 0 fully saturated rings. The first kappa shape index (κ1) is 32.1. The minimum absolute atomic E-state index is 0.0234. The third-order valence-corrected chi connectivity index (χ3v) is 6.22. The van der Waals surface area contributed by atoms with Crippen molar-refractivity contribution in [3.05, 3.63) is 0 Å². The molecule has 0 bridgehead atoms.